The maximum atomic E-state index is 13.4. The number of nitrogens with zero attached hydrogens (tertiary/aromatic N) is 1. The van der Waals surface area contributed by atoms with E-state index < -0.39 is 17.9 Å². The van der Waals surface area contributed by atoms with Crippen LogP contribution in [0.3, 0.4) is 0 Å². The summed E-state index contributed by atoms with van der Waals surface area (Å²) in [5.74, 6) is -1.64. The van der Waals surface area contributed by atoms with Crippen LogP contribution in [0.5, 0.6) is 0 Å². The largest absolute Gasteiger partial charge is 0.481 e. The standard InChI is InChI=1S/C15H16FNO4/c16-13-4-2-1-3-11(13)5-6-14(18)17-7-8-21-12(10-17)9-15(19)20/h1-6,12H,7-10H2,(H,19,20)/b6-5+. The van der Waals surface area contributed by atoms with Gasteiger partial charge in [0.05, 0.1) is 19.1 Å². The van der Waals surface area contributed by atoms with Crippen LogP contribution in [0.2, 0.25) is 0 Å². The highest BCUT2D eigenvalue weighted by molar-refractivity contribution is 5.91. The summed E-state index contributed by atoms with van der Waals surface area (Å²) in [4.78, 5) is 24.2. The number of rotatable bonds is 4. The summed E-state index contributed by atoms with van der Waals surface area (Å²) < 4.78 is 18.7. The fourth-order valence-corrected chi connectivity index (χ4v) is 2.11. The molecule has 1 N–H and O–H groups in total. The minimum absolute atomic E-state index is 0.138. The summed E-state index contributed by atoms with van der Waals surface area (Å²) in [6.07, 6.45) is 2.07. The smallest absolute Gasteiger partial charge is 0.306 e. The zero-order chi connectivity index (χ0) is 15.2. The first kappa shape index (κ1) is 15.2. The van der Waals surface area contributed by atoms with Crippen molar-refractivity contribution in [3.05, 3.63) is 41.7 Å². The van der Waals surface area contributed by atoms with Crippen molar-refractivity contribution in [3.63, 3.8) is 0 Å². The molecule has 1 aliphatic rings. The van der Waals surface area contributed by atoms with Crippen LogP contribution < -0.4 is 0 Å². The SMILES string of the molecule is O=C(O)CC1CN(C(=O)/C=C/c2ccccc2F)CCO1. The van der Waals surface area contributed by atoms with Gasteiger partial charge in [0.25, 0.3) is 0 Å². The van der Waals surface area contributed by atoms with Crippen LogP contribution in [0.4, 0.5) is 4.39 Å². The van der Waals surface area contributed by atoms with Crippen molar-refractivity contribution in [1.82, 2.24) is 4.90 Å². The topological polar surface area (TPSA) is 66.8 Å². The second-order valence-electron chi connectivity index (χ2n) is 4.73. The molecular weight excluding hydrogens is 277 g/mol. The Morgan fingerprint density at radius 3 is 2.90 bits per heavy atom. The van der Waals surface area contributed by atoms with Crippen molar-refractivity contribution in [2.45, 2.75) is 12.5 Å². The van der Waals surface area contributed by atoms with Crippen molar-refractivity contribution in [1.29, 1.82) is 0 Å². The molecule has 1 aliphatic heterocycles. The first-order chi connectivity index (χ1) is 10.1. The Morgan fingerprint density at radius 1 is 1.43 bits per heavy atom. The molecule has 1 heterocycles. The fourth-order valence-electron chi connectivity index (χ4n) is 2.11. The molecule has 5 nitrogen and oxygen atoms in total. The number of hydrogen-bond acceptors (Lipinski definition) is 3. The number of morpholine rings is 1. The highest BCUT2D eigenvalue weighted by atomic mass is 19.1. The van der Waals surface area contributed by atoms with Crippen LogP contribution in [-0.2, 0) is 14.3 Å². The summed E-state index contributed by atoms with van der Waals surface area (Å²) in [6.45, 7) is 0.931. The van der Waals surface area contributed by atoms with Crippen molar-refractivity contribution in [3.8, 4) is 0 Å². The molecule has 0 bridgehead atoms. The van der Waals surface area contributed by atoms with E-state index in [1.807, 2.05) is 0 Å². The molecule has 6 heteroatoms. The lowest BCUT2D eigenvalue weighted by Crippen LogP contribution is -2.45. The van der Waals surface area contributed by atoms with Gasteiger partial charge in [0.1, 0.15) is 5.82 Å². The van der Waals surface area contributed by atoms with E-state index >= 15 is 0 Å². The number of halogens is 1. The summed E-state index contributed by atoms with van der Waals surface area (Å²) in [5.41, 5.74) is 0.334. The molecule has 2 rings (SSSR count). The maximum Gasteiger partial charge on any atom is 0.306 e. The Morgan fingerprint density at radius 2 is 2.19 bits per heavy atom. The number of amides is 1. The number of benzene rings is 1. The quantitative estimate of drug-likeness (QED) is 0.855. The summed E-state index contributed by atoms with van der Waals surface area (Å²) in [7, 11) is 0. The van der Waals surface area contributed by atoms with E-state index in [0.29, 0.717) is 18.7 Å². The monoisotopic (exact) mass is 293 g/mol. The van der Waals surface area contributed by atoms with Gasteiger partial charge in [-0.1, -0.05) is 18.2 Å². The van der Waals surface area contributed by atoms with E-state index in [-0.39, 0.29) is 18.9 Å². The highest BCUT2D eigenvalue weighted by Gasteiger charge is 2.24. The average molecular weight is 293 g/mol. The highest BCUT2D eigenvalue weighted by Crippen LogP contribution is 2.11. The zero-order valence-electron chi connectivity index (χ0n) is 11.4. The number of carboxylic acid groups (broad SMARTS) is 1. The summed E-state index contributed by atoms with van der Waals surface area (Å²) in [5, 5.41) is 8.73. The number of carboxylic acids is 1. The molecule has 0 radical (unpaired) electrons. The van der Waals surface area contributed by atoms with Crippen LogP contribution in [-0.4, -0.2) is 47.7 Å². The lowest BCUT2D eigenvalue weighted by atomic mass is 10.2. The van der Waals surface area contributed by atoms with Gasteiger partial charge < -0.3 is 14.7 Å². The Labute approximate surface area is 121 Å². The number of carbonyl (C=O) groups is 2. The van der Waals surface area contributed by atoms with Crippen molar-refractivity contribution in [2.75, 3.05) is 19.7 Å². The molecule has 1 amide bonds. The second-order valence-corrected chi connectivity index (χ2v) is 4.73. The lowest BCUT2D eigenvalue weighted by Gasteiger charge is -2.31. The zero-order valence-corrected chi connectivity index (χ0v) is 11.4. The molecule has 1 aromatic carbocycles. The summed E-state index contributed by atoms with van der Waals surface area (Å²) >= 11 is 0. The van der Waals surface area contributed by atoms with E-state index in [4.69, 9.17) is 9.84 Å². The van der Waals surface area contributed by atoms with Crippen molar-refractivity contribution < 1.29 is 23.8 Å². The summed E-state index contributed by atoms with van der Waals surface area (Å²) in [6, 6.07) is 6.16. The van der Waals surface area contributed by atoms with Crippen LogP contribution in [0, 0.1) is 5.82 Å². The normalized spacial score (nSPS) is 18.9. The molecule has 21 heavy (non-hydrogen) atoms. The van der Waals surface area contributed by atoms with E-state index in [9.17, 15) is 14.0 Å². The molecule has 0 spiro atoms. The molecule has 0 saturated carbocycles. The lowest BCUT2D eigenvalue weighted by molar-refractivity contribution is -0.145. The third kappa shape index (κ3) is 4.39. The number of carbonyl (C=O) groups excluding carboxylic acids is 1. The predicted octanol–water partition coefficient (Wildman–Crippen LogP) is 1.54. The Bertz CT molecular complexity index is 558. The fraction of sp³-hybridized carbons (Fsp3) is 0.333. The van der Waals surface area contributed by atoms with Crippen LogP contribution in [0.1, 0.15) is 12.0 Å². The van der Waals surface area contributed by atoms with Gasteiger partial charge in [-0.05, 0) is 12.1 Å². The molecule has 1 unspecified atom stereocenters. The Kier molecular flexibility index (Phi) is 5.05. The van der Waals surface area contributed by atoms with Crippen molar-refractivity contribution >= 4 is 18.0 Å². The van der Waals surface area contributed by atoms with Gasteiger partial charge in [-0.15, -0.1) is 0 Å². The molecule has 0 aliphatic carbocycles. The van der Waals surface area contributed by atoms with Gasteiger partial charge in [-0.3, -0.25) is 9.59 Å². The third-order valence-corrected chi connectivity index (χ3v) is 3.16. The van der Waals surface area contributed by atoms with Crippen LogP contribution >= 0.6 is 0 Å². The van der Waals surface area contributed by atoms with E-state index in [1.54, 1.807) is 18.2 Å². The molecule has 1 fully saturated rings. The number of ether oxygens (including phenoxy) is 1. The van der Waals surface area contributed by atoms with E-state index in [2.05, 4.69) is 0 Å². The molecule has 1 atom stereocenters. The molecular formula is C15H16FNO4. The minimum Gasteiger partial charge on any atom is -0.481 e. The van der Waals surface area contributed by atoms with Gasteiger partial charge in [0.15, 0.2) is 0 Å². The Balaban J connectivity index is 1.96. The number of hydrogen-bond donors (Lipinski definition) is 1. The van der Waals surface area contributed by atoms with Gasteiger partial charge in [-0.25, -0.2) is 4.39 Å². The average Bonchev–Trinajstić information content (AvgIpc) is 2.45. The number of aliphatic carboxylic acids is 1. The van der Waals surface area contributed by atoms with Gasteiger partial charge in [-0.2, -0.15) is 0 Å². The predicted molar refractivity (Wildman–Crippen MR) is 74.0 cm³/mol. The molecule has 1 aromatic rings. The van der Waals surface area contributed by atoms with E-state index in [1.165, 1.54) is 23.1 Å². The van der Waals surface area contributed by atoms with Gasteiger partial charge in [0, 0.05) is 24.7 Å². The first-order valence-electron chi connectivity index (χ1n) is 6.61. The Hall–Kier alpha value is -2.21. The van der Waals surface area contributed by atoms with E-state index in [0.717, 1.165) is 0 Å². The minimum atomic E-state index is -0.962. The second kappa shape index (κ2) is 6.99. The molecule has 112 valence electrons. The first-order valence-corrected chi connectivity index (χ1v) is 6.61. The van der Waals surface area contributed by atoms with Crippen LogP contribution in [0.25, 0.3) is 6.08 Å². The maximum absolute atomic E-state index is 13.4. The third-order valence-electron chi connectivity index (χ3n) is 3.16. The van der Waals surface area contributed by atoms with Crippen LogP contribution in [0.15, 0.2) is 30.3 Å². The molecule has 1 saturated heterocycles. The van der Waals surface area contributed by atoms with Crippen molar-refractivity contribution in [2.24, 2.45) is 0 Å². The molecule has 0 aromatic heterocycles. The van der Waals surface area contributed by atoms with Gasteiger partial charge in [0.2, 0.25) is 5.91 Å². The van der Waals surface area contributed by atoms with Gasteiger partial charge >= 0.3 is 5.97 Å².